The molecule has 1 aromatic carbocycles. The molecule has 108 valence electrons. The molecule has 0 radical (unpaired) electrons. The topological polar surface area (TPSA) is 43.8 Å². The standard InChI is InChI=1S/C17H25N3/c1-17(2,3)13-8-9-14(18)16(10-13)20-15-7-5-4-6-12(15)11-19-20/h4-7,11,13-14,16H,8-10,18H2,1-3H3. The molecule has 1 heterocycles. The Labute approximate surface area is 121 Å². The van der Waals surface area contributed by atoms with Gasteiger partial charge in [0, 0.05) is 11.4 Å². The van der Waals surface area contributed by atoms with Crippen LogP contribution in [0.25, 0.3) is 10.9 Å². The summed E-state index contributed by atoms with van der Waals surface area (Å²) in [5.74, 6) is 0.718. The SMILES string of the molecule is CC(C)(C)C1CCC(N)C(n2ncc3ccccc32)C1. The van der Waals surface area contributed by atoms with Crippen LogP contribution in [0, 0.1) is 11.3 Å². The molecule has 1 aliphatic rings. The molecular formula is C17H25N3. The van der Waals surface area contributed by atoms with Crippen molar-refractivity contribution in [3.8, 4) is 0 Å². The van der Waals surface area contributed by atoms with E-state index in [2.05, 4.69) is 54.8 Å². The van der Waals surface area contributed by atoms with E-state index in [1.807, 2.05) is 6.20 Å². The van der Waals surface area contributed by atoms with Gasteiger partial charge in [-0.1, -0.05) is 39.0 Å². The second-order valence-electron chi connectivity index (χ2n) is 7.26. The summed E-state index contributed by atoms with van der Waals surface area (Å²) in [6.07, 6.45) is 5.43. The highest BCUT2D eigenvalue weighted by molar-refractivity contribution is 5.78. The maximum absolute atomic E-state index is 6.41. The van der Waals surface area contributed by atoms with Gasteiger partial charge in [0.15, 0.2) is 0 Å². The predicted octanol–water partition coefficient (Wildman–Crippen LogP) is 3.75. The molecule has 0 aliphatic heterocycles. The van der Waals surface area contributed by atoms with E-state index in [4.69, 9.17) is 5.73 Å². The lowest BCUT2D eigenvalue weighted by molar-refractivity contribution is 0.126. The fraction of sp³-hybridized carbons (Fsp3) is 0.588. The molecule has 1 aromatic heterocycles. The van der Waals surface area contributed by atoms with Crippen LogP contribution >= 0.6 is 0 Å². The third kappa shape index (κ3) is 2.35. The maximum atomic E-state index is 6.41. The summed E-state index contributed by atoms with van der Waals surface area (Å²) in [5, 5.41) is 5.83. The largest absolute Gasteiger partial charge is 0.326 e. The summed E-state index contributed by atoms with van der Waals surface area (Å²) in [6.45, 7) is 7.02. The molecule has 2 aromatic rings. The molecular weight excluding hydrogens is 246 g/mol. The molecule has 1 fully saturated rings. The van der Waals surface area contributed by atoms with E-state index in [9.17, 15) is 0 Å². The normalized spacial score (nSPS) is 27.9. The van der Waals surface area contributed by atoms with E-state index in [0.717, 1.165) is 18.8 Å². The summed E-state index contributed by atoms with van der Waals surface area (Å²) in [6, 6.07) is 8.96. The monoisotopic (exact) mass is 271 g/mol. The number of benzene rings is 1. The molecule has 3 unspecified atom stereocenters. The quantitative estimate of drug-likeness (QED) is 0.858. The zero-order valence-corrected chi connectivity index (χ0v) is 12.7. The lowest BCUT2D eigenvalue weighted by Gasteiger charge is -2.40. The molecule has 3 heteroatoms. The average Bonchev–Trinajstić information content (AvgIpc) is 2.82. The molecule has 3 nitrogen and oxygen atoms in total. The summed E-state index contributed by atoms with van der Waals surface area (Å²) < 4.78 is 2.16. The van der Waals surface area contributed by atoms with Gasteiger partial charge >= 0.3 is 0 Å². The minimum Gasteiger partial charge on any atom is -0.326 e. The van der Waals surface area contributed by atoms with Crippen molar-refractivity contribution in [2.45, 2.75) is 52.1 Å². The van der Waals surface area contributed by atoms with Gasteiger partial charge in [-0.25, -0.2) is 0 Å². The van der Waals surface area contributed by atoms with Crippen molar-refractivity contribution in [1.82, 2.24) is 9.78 Å². The average molecular weight is 271 g/mol. The van der Waals surface area contributed by atoms with Crippen LogP contribution in [0.4, 0.5) is 0 Å². The van der Waals surface area contributed by atoms with E-state index in [1.54, 1.807) is 0 Å². The Bertz CT molecular complexity index is 594. The van der Waals surface area contributed by atoms with E-state index >= 15 is 0 Å². The fourth-order valence-electron chi connectivity index (χ4n) is 3.49. The van der Waals surface area contributed by atoms with Crippen LogP contribution in [-0.2, 0) is 0 Å². The smallest absolute Gasteiger partial charge is 0.0686 e. The van der Waals surface area contributed by atoms with Crippen molar-refractivity contribution in [1.29, 1.82) is 0 Å². The van der Waals surface area contributed by atoms with Crippen LogP contribution in [0.3, 0.4) is 0 Å². The van der Waals surface area contributed by atoms with Crippen LogP contribution in [0.15, 0.2) is 30.5 Å². The Morgan fingerprint density at radius 1 is 1.20 bits per heavy atom. The fourth-order valence-corrected chi connectivity index (χ4v) is 3.49. The number of nitrogens with zero attached hydrogens (tertiary/aromatic N) is 2. The van der Waals surface area contributed by atoms with Crippen molar-refractivity contribution in [2.24, 2.45) is 17.1 Å². The van der Waals surface area contributed by atoms with Crippen molar-refractivity contribution >= 4 is 10.9 Å². The predicted molar refractivity (Wildman–Crippen MR) is 83.5 cm³/mol. The van der Waals surface area contributed by atoms with Crippen molar-refractivity contribution in [3.05, 3.63) is 30.5 Å². The molecule has 0 saturated heterocycles. The van der Waals surface area contributed by atoms with Crippen LogP contribution in [0.2, 0.25) is 0 Å². The van der Waals surface area contributed by atoms with Crippen LogP contribution in [-0.4, -0.2) is 15.8 Å². The minimum absolute atomic E-state index is 0.219. The summed E-state index contributed by atoms with van der Waals surface area (Å²) >= 11 is 0. The zero-order valence-electron chi connectivity index (χ0n) is 12.7. The number of hydrogen-bond donors (Lipinski definition) is 1. The summed E-state index contributed by atoms with van der Waals surface area (Å²) in [7, 11) is 0. The highest BCUT2D eigenvalue weighted by Gasteiger charge is 2.36. The van der Waals surface area contributed by atoms with Gasteiger partial charge in [-0.05, 0) is 36.7 Å². The molecule has 0 bridgehead atoms. The van der Waals surface area contributed by atoms with Crippen LogP contribution in [0.1, 0.15) is 46.1 Å². The van der Waals surface area contributed by atoms with E-state index in [0.29, 0.717) is 11.5 Å². The van der Waals surface area contributed by atoms with Gasteiger partial charge in [0.25, 0.3) is 0 Å². The second kappa shape index (κ2) is 4.88. The molecule has 2 N–H and O–H groups in total. The Kier molecular flexibility index (Phi) is 3.33. The van der Waals surface area contributed by atoms with Gasteiger partial charge in [-0.2, -0.15) is 5.10 Å². The number of fused-ring (bicyclic) bond motifs is 1. The number of rotatable bonds is 1. The Morgan fingerprint density at radius 3 is 2.70 bits per heavy atom. The van der Waals surface area contributed by atoms with Gasteiger partial charge < -0.3 is 5.73 Å². The maximum Gasteiger partial charge on any atom is 0.0686 e. The highest BCUT2D eigenvalue weighted by atomic mass is 15.3. The molecule has 3 rings (SSSR count). The van der Waals surface area contributed by atoms with E-state index in [1.165, 1.54) is 17.3 Å². The lowest BCUT2D eigenvalue weighted by atomic mass is 9.70. The first-order chi connectivity index (χ1) is 9.47. The first-order valence-electron chi connectivity index (χ1n) is 7.64. The van der Waals surface area contributed by atoms with E-state index in [-0.39, 0.29) is 6.04 Å². The summed E-state index contributed by atoms with van der Waals surface area (Å²) in [4.78, 5) is 0. The molecule has 0 amide bonds. The molecule has 1 saturated carbocycles. The molecule has 1 aliphatic carbocycles. The van der Waals surface area contributed by atoms with Gasteiger partial charge in [-0.3, -0.25) is 4.68 Å². The molecule has 20 heavy (non-hydrogen) atoms. The number of aromatic nitrogens is 2. The Balaban J connectivity index is 1.95. The van der Waals surface area contributed by atoms with Crippen LogP contribution < -0.4 is 5.73 Å². The van der Waals surface area contributed by atoms with E-state index < -0.39 is 0 Å². The Hall–Kier alpha value is -1.35. The molecule has 3 atom stereocenters. The zero-order chi connectivity index (χ0) is 14.3. The first-order valence-corrected chi connectivity index (χ1v) is 7.64. The number of para-hydroxylation sites is 1. The van der Waals surface area contributed by atoms with Gasteiger partial charge in [0.1, 0.15) is 0 Å². The second-order valence-corrected chi connectivity index (χ2v) is 7.26. The first kappa shape index (κ1) is 13.6. The van der Waals surface area contributed by atoms with Gasteiger partial charge in [0.2, 0.25) is 0 Å². The van der Waals surface area contributed by atoms with Crippen LogP contribution in [0.5, 0.6) is 0 Å². The third-order valence-corrected chi connectivity index (χ3v) is 4.91. The van der Waals surface area contributed by atoms with Crippen molar-refractivity contribution < 1.29 is 0 Å². The highest BCUT2D eigenvalue weighted by Crippen LogP contribution is 2.42. The van der Waals surface area contributed by atoms with Gasteiger partial charge in [-0.15, -0.1) is 0 Å². The van der Waals surface area contributed by atoms with Crippen molar-refractivity contribution in [3.63, 3.8) is 0 Å². The Morgan fingerprint density at radius 2 is 1.95 bits per heavy atom. The lowest BCUT2D eigenvalue weighted by Crippen LogP contribution is -2.41. The third-order valence-electron chi connectivity index (χ3n) is 4.91. The number of hydrogen-bond acceptors (Lipinski definition) is 2. The number of nitrogens with two attached hydrogens (primary N) is 1. The summed E-state index contributed by atoms with van der Waals surface area (Å²) in [5.41, 5.74) is 7.97. The minimum atomic E-state index is 0.219. The molecule has 0 spiro atoms. The van der Waals surface area contributed by atoms with Crippen molar-refractivity contribution in [2.75, 3.05) is 0 Å². The van der Waals surface area contributed by atoms with Gasteiger partial charge in [0.05, 0.1) is 17.8 Å².